The number of hydrogen-bond donors (Lipinski definition) is 1. The Morgan fingerprint density at radius 2 is 1.26 bits per heavy atom. The third kappa shape index (κ3) is 4.92. The first-order chi connectivity index (χ1) is 14.9. The molecule has 1 unspecified atom stereocenters. The highest BCUT2D eigenvalue weighted by Gasteiger charge is 2.64. The highest BCUT2D eigenvalue weighted by molar-refractivity contribution is 6.20. The van der Waals surface area contributed by atoms with Crippen LogP contribution in [-0.2, 0) is 38.1 Å². The van der Waals surface area contributed by atoms with Crippen molar-refractivity contribution in [2.75, 3.05) is 26.4 Å². The van der Waals surface area contributed by atoms with E-state index in [9.17, 15) is 19.2 Å². The van der Waals surface area contributed by atoms with E-state index in [1.165, 1.54) is 0 Å². The number of hydrogen-bond acceptors (Lipinski definition) is 9. The zero-order valence-electron chi connectivity index (χ0n) is 18.8. The van der Waals surface area contributed by atoms with Gasteiger partial charge in [-0.05, 0) is 46.5 Å². The second-order valence-electron chi connectivity index (χ2n) is 7.44. The van der Waals surface area contributed by atoms with Crippen molar-refractivity contribution in [2.24, 2.45) is 5.92 Å². The Morgan fingerprint density at radius 1 is 0.774 bits per heavy atom. The topological polar surface area (TPSA) is 117 Å². The van der Waals surface area contributed by atoms with Crippen molar-refractivity contribution in [3.05, 3.63) is 11.1 Å². The van der Waals surface area contributed by atoms with Gasteiger partial charge in [0.2, 0.25) is 5.54 Å². The van der Waals surface area contributed by atoms with Crippen LogP contribution in [0.4, 0.5) is 0 Å². The largest absolute Gasteiger partial charge is 0.464 e. The molecule has 1 atom stereocenters. The second kappa shape index (κ2) is 11.3. The first-order valence-electron chi connectivity index (χ1n) is 11.1. The minimum atomic E-state index is -2.29. The van der Waals surface area contributed by atoms with Crippen molar-refractivity contribution in [1.29, 1.82) is 0 Å². The van der Waals surface area contributed by atoms with Gasteiger partial charge in [-0.2, -0.15) is 0 Å². The van der Waals surface area contributed by atoms with Crippen molar-refractivity contribution in [1.82, 2.24) is 5.32 Å². The summed E-state index contributed by atoms with van der Waals surface area (Å²) in [6, 6.07) is -0.743. The Kier molecular flexibility index (Phi) is 9.03. The van der Waals surface area contributed by atoms with E-state index in [0.717, 1.165) is 32.1 Å². The van der Waals surface area contributed by atoms with Crippen LogP contribution in [-0.4, -0.2) is 61.9 Å². The average molecular weight is 440 g/mol. The minimum absolute atomic E-state index is 0.00569. The molecule has 2 aliphatic rings. The maximum absolute atomic E-state index is 13.2. The standard InChI is InChI=1S/C22H33NO8/c1-5-28-18(24)15-16(19(25)29-6-2)22(20(26)30-7-3,21(27)31-8-4)23-17(15)14-12-10-9-11-13-14/h14,17,23H,5-13H2,1-4H3. The third-order valence-corrected chi connectivity index (χ3v) is 5.59. The van der Waals surface area contributed by atoms with Crippen LogP contribution in [0.3, 0.4) is 0 Å². The lowest BCUT2D eigenvalue weighted by atomic mass is 9.81. The van der Waals surface area contributed by atoms with Gasteiger partial charge in [0.1, 0.15) is 0 Å². The molecule has 1 fully saturated rings. The highest BCUT2D eigenvalue weighted by Crippen LogP contribution is 2.41. The quantitative estimate of drug-likeness (QED) is 0.326. The first-order valence-corrected chi connectivity index (χ1v) is 11.1. The summed E-state index contributed by atoms with van der Waals surface area (Å²) in [5, 5.41) is 3.00. The van der Waals surface area contributed by atoms with Gasteiger partial charge < -0.3 is 18.9 Å². The summed E-state index contributed by atoms with van der Waals surface area (Å²) in [5.74, 6) is -3.78. The van der Waals surface area contributed by atoms with Gasteiger partial charge >= 0.3 is 23.9 Å². The Bertz CT molecular complexity index is 705. The maximum Gasteiger partial charge on any atom is 0.343 e. The van der Waals surface area contributed by atoms with E-state index in [1.807, 2.05) is 0 Å². The summed E-state index contributed by atoms with van der Waals surface area (Å²) in [4.78, 5) is 52.5. The van der Waals surface area contributed by atoms with Crippen molar-refractivity contribution >= 4 is 23.9 Å². The molecule has 0 amide bonds. The number of carbonyl (C=O) groups excluding carboxylic acids is 4. The van der Waals surface area contributed by atoms with Crippen molar-refractivity contribution in [3.8, 4) is 0 Å². The number of nitrogens with one attached hydrogen (secondary N) is 1. The van der Waals surface area contributed by atoms with Crippen molar-refractivity contribution in [3.63, 3.8) is 0 Å². The Labute approximate surface area is 182 Å². The van der Waals surface area contributed by atoms with Gasteiger partial charge in [0, 0.05) is 6.04 Å². The van der Waals surface area contributed by atoms with E-state index in [1.54, 1.807) is 27.7 Å². The van der Waals surface area contributed by atoms with E-state index in [2.05, 4.69) is 5.32 Å². The summed E-state index contributed by atoms with van der Waals surface area (Å²) in [6.45, 7) is 6.43. The SMILES string of the molecule is CCOC(=O)C1=C(C(=O)OCC)C(C(=O)OCC)(C(=O)OCC)NC1C1CCCCC1. The number of esters is 4. The molecule has 2 rings (SSSR count). The minimum Gasteiger partial charge on any atom is -0.464 e. The lowest BCUT2D eigenvalue weighted by molar-refractivity contribution is -0.166. The molecular formula is C22H33NO8. The molecule has 9 nitrogen and oxygen atoms in total. The molecule has 9 heteroatoms. The molecule has 0 bridgehead atoms. The molecule has 1 heterocycles. The average Bonchev–Trinajstić information content (AvgIpc) is 3.13. The van der Waals surface area contributed by atoms with Crippen LogP contribution < -0.4 is 5.32 Å². The van der Waals surface area contributed by atoms with Gasteiger partial charge in [0.05, 0.1) is 37.6 Å². The molecule has 0 aromatic carbocycles. The number of carbonyl (C=O) groups is 4. The van der Waals surface area contributed by atoms with Crippen molar-refractivity contribution < 1.29 is 38.1 Å². The monoisotopic (exact) mass is 439 g/mol. The Morgan fingerprint density at radius 3 is 1.74 bits per heavy atom. The van der Waals surface area contributed by atoms with Gasteiger partial charge in [0.25, 0.3) is 0 Å². The van der Waals surface area contributed by atoms with Crippen LogP contribution in [0.2, 0.25) is 0 Å². The molecule has 0 radical (unpaired) electrons. The lowest BCUT2D eigenvalue weighted by Crippen LogP contribution is -2.62. The summed E-state index contributed by atoms with van der Waals surface area (Å²) in [5.41, 5.74) is -2.73. The predicted octanol–water partition coefficient (Wildman–Crippen LogP) is 1.83. The summed E-state index contributed by atoms with van der Waals surface area (Å²) < 4.78 is 20.8. The van der Waals surface area contributed by atoms with Gasteiger partial charge in [-0.25, -0.2) is 19.2 Å². The normalized spacial score (nSPS) is 20.8. The molecule has 1 N–H and O–H groups in total. The zero-order valence-corrected chi connectivity index (χ0v) is 18.8. The van der Waals surface area contributed by atoms with E-state index >= 15 is 0 Å². The second-order valence-corrected chi connectivity index (χ2v) is 7.44. The number of rotatable bonds is 9. The van der Waals surface area contributed by atoms with Crippen LogP contribution in [0.5, 0.6) is 0 Å². The van der Waals surface area contributed by atoms with Crippen molar-refractivity contribution in [2.45, 2.75) is 71.4 Å². The van der Waals surface area contributed by atoms with E-state index < -0.39 is 35.5 Å². The fourth-order valence-electron chi connectivity index (χ4n) is 4.34. The summed E-state index contributed by atoms with van der Waals surface area (Å²) >= 11 is 0. The maximum atomic E-state index is 13.2. The molecule has 174 valence electrons. The van der Waals surface area contributed by atoms with Crippen LogP contribution in [0.15, 0.2) is 11.1 Å². The molecular weight excluding hydrogens is 406 g/mol. The Hall–Kier alpha value is -2.42. The zero-order chi connectivity index (χ0) is 23.0. The summed E-state index contributed by atoms with van der Waals surface area (Å²) in [7, 11) is 0. The fraction of sp³-hybridized carbons (Fsp3) is 0.727. The third-order valence-electron chi connectivity index (χ3n) is 5.59. The van der Waals surface area contributed by atoms with Crippen LogP contribution >= 0.6 is 0 Å². The fourth-order valence-corrected chi connectivity index (χ4v) is 4.34. The Balaban J connectivity index is 2.76. The van der Waals surface area contributed by atoms with Crippen LogP contribution in [0.1, 0.15) is 59.8 Å². The first kappa shape index (κ1) is 24.8. The van der Waals surface area contributed by atoms with E-state index in [4.69, 9.17) is 18.9 Å². The molecule has 0 saturated heterocycles. The predicted molar refractivity (Wildman–Crippen MR) is 110 cm³/mol. The van der Waals surface area contributed by atoms with E-state index in [0.29, 0.717) is 0 Å². The number of ether oxygens (including phenoxy) is 4. The smallest absolute Gasteiger partial charge is 0.343 e. The summed E-state index contributed by atoms with van der Waals surface area (Å²) in [6.07, 6.45) is 4.50. The highest BCUT2D eigenvalue weighted by atomic mass is 16.6. The molecule has 31 heavy (non-hydrogen) atoms. The molecule has 0 aromatic rings. The molecule has 1 aliphatic heterocycles. The molecule has 0 aromatic heterocycles. The van der Waals surface area contributed by atoms with Gasteiger partial charge in [-0.15, -0.1) is 0 Å². The van der Waals surface area contributed by atoms with Crippen LogP contribution in [0.25, 0.3) is 0 Å². The van der Waals surface area contributed by atoms with Gasteiger partial charge in [-0.3, -0.25) is 5.32 Å². The molecule has 1 saturated carbocycles. The van der Waals surface area contributed by atoms with E-state index in [-0.39, 0.29) is 43.5 Å². The lowest BCUT2D eigenvalue weighted by Gasteiger charge is -2.32. The van der Waals surface area contributed by atoms with Crippen LogP contribution in [0, 0.1) is 5.92 Å². The van der Waals surface area contributed by atoms with Gasteiger partial charge in [0.15, 0.2) is 0 Å². The molecule has 0 spiro atoms. The molecule has 1 aliphatic carbocycles. The van der Waals surface area contributed by atoms with Gasteiger partial charge in [-0.1, -0.05) is 19.3 Å².